The van der Waals surface area contributed by atoms with Crippen LogP contribution in [0.4, 0.5) is 5.95 Å². The second kappa shape index (κ2) is 10.8. The third-order valence-electron chi connectivity index (χ3n) is 6.39. The third kappa shape index (κ3) is 6.15. The first-order valence-electron chi connectivity index (χ1n) is 12.3. The molecule has 0 bridgehead atoms. The Labute approximate surface area is 217 Å². The normalized spacial score (nSPS) is 14.7. The van der Waals surface area contributed by atoms with E-state index in [1.807, 2.05) is 4.90 Å². The van der Waals surface area contributed by atoms with Gasteiger partial charge in [0.1, 0.15) is 0 Å². The van der Waals surface area contributed by atoms with Crippen molar-refractivity contribution < 1.29 is 9.59 Å². The van der Waals surface area contributed by atoms with Crippen molar-refractivity contribution in [1.29, 1.82) is 0 Å². The molecular formula is C28H34ClN5O2. The molecule has 4 rings (SSSR count). The van der Waals surface area contributed by atoms with Gasteiger partial charge in [0.25, 0.3) is 5.91 Å². The van der Waals surface area contributed by atoms with Crippen molar-refractivity contribution in [3.8, 4) is 0 Å². The van der Waals surface area contributed by atoms with Gasteiger partial charge in [-0.05, 0) is 66.3 Å². The zero-order chi connectivity index (χ0) is 25.9. The molecule has 0 atom stereocenters. The minimum Gasteiger partial charge on any atom is -0.339 e. The van der Waals surface area contributed by atoms with E-state index < -0.39 is 0 Å². The van der Waals surface area contributed by atoms with Gasteiger partial charge in [0.15, 0.2) is 0 Å². The first-order valence-corrected chi connectivity index (χ1v) is 12.7. The zero-order valence-corrected chi connectivity index (χ0v) is 21.9. The van der Waals surface area contributed by atoms with Gasteiger partial charge in [-0.1, -0.05) is 45.0 Å². The van der Waals surface area contributed by atoms with E-state index in [4.69, 9.17) is 16.6 Å². The molecule has 0 radical (unpaired) electrons. The van der Waals surface area contributed by atoms with Crippen LogP contribution in [0.2, 0.25) is 5.02 Å². The molecule has 2 aromatic carbocycles. The van der Waals surface area contributed by atoms with Gasteiger partial charge in [0, 0.05) is 42.8 Å². The summed E-state index contributed by atoms with van der Waals surface area (Å²) in [6.45, 7) is 13.1. The van der Waals surface area contributed by atoms with Gasteiger partial charge in [-0.3, -0.25) is 14.9 Å². The van der Waals surface area contributed by atoms with Gasteiger partial charge in [-0.2, -0.15) is 0 Å². The number of hydrogen-bond acceptors (Lipinski definition) is 4. The fourth-order valence-electron chi connectivity index (χ4n) is 4.54. The van der Waals surface area contributed by atoms with E-state index in [0.29, 0.717) is 29.6 Å². The molecule has 0 unspecified atom stereocenters. The monoisotopic (exact) mass is 507 g/mol. The fraction of sp³-hybridized carbons (Fsp3) is 0.393. The Kier molecular flexibility index (Phi) is 7.81. The first kappa shape index (κ1) is 25.9. The van der Waals surface area contributed by atoms with Crippen molar-refractivity contribution in [2.75, 3.05) is 25.0 Å². The lowest BCUT2D eigenvalue weighted by Gasteiger charge is -2.33. The van der Waals surface area contributed by atoms with Crippen LogP contribution in [0, 0.1) is 5.41 Å². The summed E-state index contributed by atoms with van der Waals surface area (Å²) in [5, 5.41) is 7.10. The van der Waals surface area contributed by atoms with Crippen molar-refractivity contribution in [2.45, 2.75) is 46.2 Å². The van der Waals surface area contributed by atoms with Crippen molar-refractivity contribution >= 4 is 40.4 Å². The maximum absolute atomic E-state index is 13.0. The molecule has 3 aromatic rings. The summed E-state index contributed by atoms with van der Waals surface area (Å²) in [6.07, 6.45) is 2.90. The Morgan fingerprint density at radius 1 is 1.14 bits per heavy atom. The largest absolute Gasteiger partial charge is 0.339 e. The highest BCUT2D eigenvalue weighted by atomic mass is 35.5. The summed E-state index contributed by atoms with van der Waals surface area (Å²) in [4.78, 5) is 31.8. The van der Waals surface area contributed by atoms with E-state index in [1.54, 1.807) is 24.3 Å². The van der Waals surface area contributed by atoms with Crippen LogP contribution in [0.15, 0.2) is 55.1 Å². The number of hydrogen-bond donors (Lipinski definition) is 2. The lowest BCUT2D eigenvalue weighted by Crippen LogP contribution is -2.38. The summed E-state index contributed by atoms with van der Waals surface area (Å²) >= 11 is 5.99. The Bertz CT molecular complexity index is 1250. The van der Waals surface area contributed by atoms with Crippen LogP contribution >= 0.6 is 11.6 Å². The second-order valence-corrected chi connectivity index (χ2v) is 11.0. The van der Waals surface area contributed by atoms with Gasteiger partial charge in [0.05, 0.1) is 11.0 Å². The second-order valence-electron chi connectivity index (χ2n) is 10.5. The molecule has 8 heteroatoms. The molecule has 190 valence electrons. The number of benzene rings is 2. The summed E-state index contributed by atoms with van der Waals surface area (Å²) in [7, 11) is 0. The Morgan fingerprint density at radius 3 is 2.47 bits per heavy atom. The summed E-state index contributed by atoms with van der Waals surface area (Å²) < 4.78 is 2.12. The molecule has 0 spiro atoms. The molecule has 1 fully saturated rings. The van der Waals surface area contributed by atoms with E-state index in [9.17, 15) is 9.59 Å². The molecule has 1 aliphatic heterocycles. The molecule has 1 aliphatic rings. The van der Waals surface area contributed by atoms with Crippen LogP contribution in [0.3, 0.4) is 0 Å². The Hall–Kier alpha value is -3.16. The quantitative estimate of drug-likeness (QED) is 0.418. The SMILES string of the molecule is C=CC(=O)N1CCC(n2c(NC(=O)c3ccc(Cl)cc3)nc3cc(CNCC(C)(C)C)ccc32)CC1. The van der Waals surface area contributed by atoms with Crippen molar-refractivity contribution in [3.05, 3.63) is 71.3 Å². The standard InChI is InChI=1S/C28H34ClN5O2/c1-5-25(35)33-14-12-22(13-15-33)34-24-11-6-19(17-30-18-28(2,3)4)16-23(24)31-27(34)32-26(36)20-7-9-21(29)10-8-20/h5-11,16,22,30H,1,12-15,17-18H2,2-4H3,(H,31,32,36). The molecule has 0 saturated carbocycles. The van der Waals surface area contributed by atoms with Crippen molar-refractivity contribution in [1.82, 2.24) is 19.8 Å². The molecular weight excluding hydrogens is 474 g/mol. The van der Waals surface area contributed by atoms with Gasteiger partial charge >= 0.3 is 0 Å². The average Bonchev–Trinajstić information content (AvgIpc) is 3.20. The predicted molar refractivity (Wildman–Crippen MR) is 145 cm³/mol. The lowest BCUT2D eigenvalue weighted by molar-refractivity contribution is -0.127. The number of nitrogens with zero attached hydrogens (tertiary/aromatic N) is 3. The van der Waals surface area contributed by atoms with Crippen LogP contribution < -0.4 is 10.6 Å². The van der Waals surface area contributed by atoms with Crippen LogP contribution in [0.25, 0.3) is 11.0 Å². The highest BCUT2D eigenvalue weighted by Gasteiger charge is 2.27. The first-order chi connectivity index (χ1) is 17.1. The molecule has 1 aromatic heterocycles. The predicted octanol–water partition coefficient (Wildman–Crippen LogP) is 5.43. The summed E-state index contributed by atoms with van der Waals surface area (Å²) in [6, 6.07) is 13.2. The fourth-order valence-corrected chi connectivity index (χ4v) is 4.67. The van der Waals surface area contributed by atoms with Gasteiger partial charge in [0.2, 0.25) is 11.9 Å². The number of nitrogens with one attached hydrogen (secondary N) is 2. The topological polar surface area (TPSA) is 79.3 Å². The van der Waals surface area contributed by atoms with Gasteiger partial charge in [-0.25, -0.2) is 4.98 Å². The molecule has 2 heterocycles. The zero-order valence-electron chi connectivity index (χ0n) is 21.2. The maximum Gasteiger partial charge on any atom is 0.257 e. The Morgan fingerprint density at radius 2 is 1.83 bits per heavy atom. The minimum absolute atomic E-state index is 0.0485. The van der Waals surface area contributed by atoms with Crippen molar-refractivity contribution in [2.24, 2.45) is 5.41 Å². The number of piperidine rings is 1. The van der Waals surface area contributed by atoms with E-state index in [-0.39, 0.29) is 23.3 Å². The number of likely N-dealkylation sites (tertiary alicyclic amines) is 1. The van der Waals surface area contributed by atoms with E-state index >= 15 is 0 Å². The van der Waals surface area contributed by atoms with E-state index in [2.05, 4.69) is 60.7 Å². The number of aromatic nitrogens is 2. The van der Waals surface area contributed by atoms with Crippen LogP contribution in [0.1, 0.15) is 55.6 Å². The van der Waals surface area contributed by atoms with Gasteiger partial charge in [-0.15, -0.1) is 0 Å². The molecule has 2 N–H and O–H groups in total. The number of fused-ring (bicyclic) bond motifs is 1. The number of imidazole rings is 1. The third-order valence-corrected chi connectivity index (χ3v) is 6.64. The highest BCUT2D eigenvalue weighted by molar-refractivity contribution is 6.30. The molecule has 2 amide bonds. The minimum atomic E-state index is -0.241. The van der Waals surface area contributed by atoms with Crippen LogP contribution in [-0.4, -0.2) is 45.9 Å². The molecule has 36 heavy (non-hydrogen) atoms. The number of amides is 2. The van der Waals surface area contributed by atoms with Crippen LogP contribution in [-0.2, 0) is 11.3 Å². The highest BCUT2D eigenvalue weighted by Crippen LogP contribution is 2.32. The number of carbonyl (C=O) groups excluding carboxylic acids is 2. The van der Waals surface area contributed by atoms with E-state index in [0.717, 1.165) is 42.5 Å². The van der Waals surface area contributed by atoms with Crippen LogP contribution in [0.5, 0.6) is 0 Å². The smallest absolute Gasteiger partial charge is 0.257 e. The van der Waals surface area contributed by atoms with E-state index in [1.165, 1.54) is 6.08 Å². The molecule has 0 aliphatic carbocycles. The molecule has 7 nitrogen and oxygen atoms in total. The summed E-state index contributed by atoms with van der Waals surface area (Å²) in [5.41, 5.74) is 3.65. The average molecular weight is 508 g/mol. The lowest BCUT2D eigenvalue weighted by atomic mass is 9.97. The summed E-state index contributed by atoms with van der Waals surface area (Å²) in [5.74, 6) is 0.223. The van der Waals surface area contributed by atoms with Crippen molar-refractivity contribution in [3.63, 3.8) is 0 Å². The number of anilines is 1. The number of halogens is 1. The number of carbonyl (C=O) groups is 2. The Balaban J connectivity index is 1.62. The van der Waals surface area contributed by atoms with Gasteiger partial charge < -0.3 is 14.8 Å². The maximum atomic E-state index is 13.0. The number of rotatable bonds is 7. The molecule has 1 saturated heterocycles.